The molecule has 2 aliphatic rings. The Hall–Kier alpha value is -0.900. The Labute approximate surface area is 157 Å². The SMILES string of the molecule is COCCOC1(C)CCN(S(=O)(=O)NC(=O)NC2CCCCCC2)CC1. The lowest BCUT2D eigenvalue weighted by Crippen LogP contribution is -2.53. The zero-order valence-electron chi connectivity index (χ0n) is 16.0. The molecule has 26 heavy (non-hydrogen) atoms. The number of piperidine rings is 1. The summed E-state index contributed by atoms with van der Waals surface area (Å²) in [4.78, 5) is 12.1. The van der Waals surface area contributed by atoms with Crippen molar-refractivity contribution in [3.05, 3.63) is 0 Å². The van der Waals surface area contributed by atoms with Gasteiger partial charge in [0, 0.05) is 26.2 Å². The summed E-state index contributed by atoms with van der Waals surface area (Å²) >= 11 is 0. The topological polar surface area (TPSA) is 97.0 Å². The molecule has 2 rings (SSSR count). The molecular weight excluding hydrogens is 358 g/mol. The Kier molecular flexibility index (Phi) is 8.12. The van der Waals surface area contributed by atoms with E-state index in [1.807, 2.05) is 6.92 Å². The van der Waals surface area contributed by atoms with Crippen molar-refractivity contribution in [1.29, 1.82) is 0 Å². The van der Waals surface area contributed by atoms with Gasteiger partial charge in [0.1, 0.15) is 0 Å². The standard InChI is InChI=1S/C17H33N3O5S/c1-17(25-14-13-24-2)9-11-20(12-10-17)26(22,23)19-16(21)18-15-7-5-3-4-6-8-15/h15H,3-14H2,1-2H3,(H2,18,19,21). The molecule has 1 saturated heterocycles. The van der Waals surface area contributed by atoms with Crippen LogP contribution in [0.2, 0.25) is 0 Å². The number of carbonyl (C=O) groups excluding carboxylic acids is 1. The molecule has 0 aromatic rings. The van der Waals surface area contributed by atoms with Crippen LogP contribution >= 0.6 is 0 Å². The predicted octanol–water partition coefficient (Wildman–Crippen LogP) is 1.77. The van der Waals surface area contributed by atoms with Crippen LogP contribution in [0.5, 0.6) is 0 Å². The highest BCUT2D eigenvalue weighted by atomic mass is 32.2. The highest BCUT2D eigenvalue weighted by Gasteiger charge is 2.36. The van der Waals surface area contributed by atoms with Gasteiger partial charge in [0.25, 0.3) is 0 Å². The van der Waals surface area contributed by atoms with Gasteiger partial charge in [0.2, 0.25) is 0 Å². The number of amides is 2. The fourth-order valence-corrected chi connectivity index (χ4v) is 4.62. The number of hydrogen-bond acceptors (Lipinski definition) is 5. The molecule has 1 aliphatic heterocycles. The summed E-state index contributed by atoms with van der Waals surface area (Å²) < 4.78 is 39.2. The van der Waals surface area contributed by atoms with Gasteiger partial charge >= 0.3 is 16.2 Å². The van der Waals surface area contributed by atoms with Gasteiger partial charge in [-0.05, 0) is 32.6 Å². The smallest absolute Gasteiger partial charge is 0.329 e. The second kappa shape index (κ2) is 9.87. The number of urea groups is 1. The van der Waals surface area contributed by atoms with Gasteiger partial charge in [-0.3, -0.25) is 0 Å². The van der Waals surface area contributed by atoms with E-state index in [-0.39, 0.29) is 11.6 Å². The van der Waals surface area contributed by atoms with Crippen LogP contribution < -0.4 is 10.0 Å². The van der Waals surface area contributed by atoms with Gasteiger partial charge in [-0.1, -0.05) is 25.7 Å². The summed E-state index contributed by atoms with van der Waals surface area (Å²) in [5.74, 6) is 0. The Bertz CT molecular complexity index is 539. The molecule has 0 atom stereocenters. The molecule has 0 aromatic heterocycles. The summed E-state index contributed by atoms with van der Waals surface area (Å²) in [5.41, 5.74) is -0.354. The van der Waals surface area contributed by atoms with Crippen LogP contribution in [-0.4, -0.2) is 63.8 Å². The van der Waals surface area contributed by atoms with Crippen molar-refractivity contribution in [3.8, 4) is 0 Å². The second-order valence-corrected chi connectivity index (χ2v) is 9.13. The predicted molar refractivity (Wildman–Crippen MR) is 99.1 cm³/mol. The van der Waals surface area contributed by atoms with Crippen molar-refractivity contribution in [1.82, 2.24) is 14.3 Å². The molecule has 2 N–H and O–H groups in total. The van der Waals surface area contributed by atoms with Crippen molar-refractivity contribution < 1.29 is 22.7 Å². The first-order valence-electron chi connectivity index (χ1n) is 9.56. The average molecular weight is 392 g/mol. The van der Waals surface area contributed by atoms with Crippen molar-refractivity contribution in [2.75, 3.05) is 33.4 Å². The number of nitrogens with zero attached hydrogens (tertiary/aromatic N) is 1. The third-order valence-electron chi connectivity index (χ3n) is 5.27. The van der Waals surface area contributed by atoms with Crippen molar-refractivity contribution in [2.24, 2.45) is 0 Å². The molecule has 0 bridgehead atoms. The normalized spacial score (nSPS) is 22.5. The molecule has 0 radical (unpaired) electrons. The largest absolute Gasteiger partial charge is 0.382 e. The van der Waals surface area contributed by atoms with Gasteiger partial charge in [-0.2, -0.15) is 12.7 Å². The van der Waals surface area contributed by atoms with Crippen molar-refractivity contribution >= 4 is 16.2 Å². The molecule has 1 heterocycles. The molecule has 1 saturated carbocycles. The fraction of sp³-hybridized carbons (Fsp3) is 0.941. The average Bonchev–Trinajstić information content (AvgIpc) is 2.83. The maximum Gasteiger partial charge on any atom is 0.329 e. The molecule has 8 nitrogen and oxygen atoms in total. The minimum atomic E-state index is -3.83. The number of nitrogens with one attached hydrogen (secondary N) is 2. The maximum absolute atomic E-state index is 12.5. The van der Waals surface area contributed by atoms with E-state index in [1.165, 1.54) is 17.1 Å². The lowest BCUT2D eigenvalue weighted by Gasteiger charge is -2.38. The van der Waals surface area contributed by atoms with Gasteiger partial charge in [0.15, 0.2) is 0 Å². The van der Waals surface area contributed by atoms with E-state index in [4.69, 9.17) is 9.47 Å². The van der Waals surface area contributed by atoms with Crippen LogP contribution in [0, 0.1) is 0 Å². The summed E-state index contributed by atoms with van der Waals surface area (Å²) in [6.07, 6.45) is 7.50. The Morgan fingerprint density at radius 2 is 1.73 bits per heavy atom. The third kappa shape index (κ3) is 6.68. The maximum atomic E-state index is 12.5. The van der Waals surface area contributed by atoms with Crippen LogP contribution in [0.15, 0.2) is 0 Å². The zero-order valence-corrected chi connectivity index (χ0v) is 16.8. The van der Waals surface area contributed by atoms with Crippen LogP contribution in [-0.2, 0) is 19.7 Å². The lowest BCUT2D eigenvalue weighted by atomic mass is 9.94. The minimum Gasteiger partial charge on any atom is -0.382 e. The van der Waals surface area contributed by atoms with E-state index < -0.39 is 16.2 Å². The highest BCUT2D eigenvalue weighted by Crippen LogP contribution is 2.27. The summed E-state index contributed by atoms with van der Waals surface area (Å²) in [6.45, 7) is 3.64. The van der Waals surface area contributed by atoms with Crippen molar-refractivity contribution in [2.45, 2.75) is 69.9 Å². The number of methoxy groups -OCH3 is 1. The van der Waals surface area contributed by atoms with Crippen LogP contribution in [0.3, 0.4) is 0 Å². The van der Waals surface area contributed by atoms with E-state index in [9.17, 15) is 13.2 Å². The number of carbonyl (C=O) groups is 1. The monoisotopic (exact) mass is 391 g/mol. The molecule has 0 spiro atoms. The molecule has 1 aliphatic carbocycles. The summed E-state index contributed by atoms with van der Waals surface area (Å²) in [5, 5.41) is 2.81. The first-order chi connectivity index (χ1) is 12.3. The van der Waals surface area contributed by atoms with Gasteiger partial charge in [0.05, 0.1) is 18.8 Å². The molecule has 0 aromatic carbocycles. The van der Waals surface area contributed by atoms with E-state index in [0.29, 0.717) is 39.1 Å². The molecular formula is C17H33N3O5S. The third-order valence-corrected chi connectivity index (χ3v) is 6.76. The molecule has 2 fully saturated rings. The Morgan fingerprint density at radius 3 is 2.31 bits per heavy atom. The van der Waals surface area contributed by atoms with E-state index in [0.717, 1.165) is 25.7 Å². The lowest BCUT2D eigenvalue weighted by molar-refractivity contribution is -0.0757. The summed E-state index contributed by atoms with van der Waals surface area (Å²) in [7, 11) is -2.21. The van der Waals surface area contributed by atoms with Crippen LogP contribution in [0.25, 0.3) is 0 Å². The van der Waals surface area contributed by atoms with Gasteiger partial charge in [-0.25, -0.2) is 9.52 Å². The molecule has 9 heteroatoms. The van der Waals surface area contributed by atoms with Gasteiger partial charge in [-0.15, -0.1) is 0 Å². The quantitative estimate of drug-likeness (QED) is 0.509. The Morgan fingerprint density at radius 1 is 1.12 bits per heavy atom. The molecule has 0 unspecified atom stereocenters. The molecule has 2 amide bonds. The first-order valence-corrected chi connectivity index (χ1v) is 11.0. The van der Waals surface area contributed by atoms with Crippen molar-refractivity contribution in [3.63, 3.8) is 0 Å². The van der Waals surface area contributed by atoms with Crippen LogP contribution in [0.4, 0.5) is 4.79 Å². The number of hydrogen-bond donors (Lipinski definition) is 2. The van der Waals surface area contributed by atoms with E-state index in [2.05, 4.69) is 10.0 Å². The second-order valence-electron chi connectivity index (χ2n) is 7.46. The molecule has 152 valence electrons. The number of rotatable bonds is 7. The van der Waals surface area contributed by atoms with Gasteiger partial charge < -0.3 is 14.8 Å². The van der Waals surface area contributed by atoms with Crippen LogP contribution in [0.1, 0.15) is 58.3 Å². The number of ether oxygens (including phenoxy) is 2. The first kappa shape index (κ1) is 21.4. The van der Waals surface area contributed by atoms with E-state index in [1.54, 1.807) is 7.11 Å². The van der Waals surface area contributed by atoms with E-state index >= 15 is 0 Å². The Balaban J connectivity index is 1.79. The fourth-order valence-electron chi connectivity index (χ4n) is 3.54. The minimum absolute atomic E-state index is 0.0616. The highest BCUT2D eigenvalue weighted by molar-refractivity contribution is 7.87. The summed E-state index contributed by atoms with van der Waals surface area (Å²) in [6, 6.07) is -0.562. The zero-order chi connectivity index (χ0) is 19.0.